The molecular weight excluding hydrogens is 963 g/mol. The summed E-state index contributed by atoms with van der Waals surface area (Å²) in [6.45, 7) is 0. The molecule has 326 valence electrons. The van der Waals surface area contributed by atoms with Gasteiger partial charge in [0, 0.05) is 44.2 Å². The highest BCUT2D eigenvalue weighted by molar-refractivity contribution is 6.72. The quantitative estimate of drug-likeness (QED) is 0.141. The molecule has 3 heterocycles. The minimum atomic E-state index is -0.166. The number of benzene rings is 8. The lowest BCUT2D eigenvalue weighted by molar-refractivity contribution is 1.06. The van der Waals surface area contributed by atoms with Crippen molar-refractivity contribution in [3.8, 4) is 85.1 Å². The molecule has 0 saturated heterocycles. The fraction of sp³-hybridized carbons (Fsp3) is 0. The molecule has 3 aromatic heterocycles. The van der Waals surface area contributed by atoms with E-state index in [0.717, 1.165) is 32.9 Å². The third kappa shape index (κ3) is 8.98. The molecule has 0 aliphatic heterocycles. The summed E-state index contributed by atoms with van der Waals surface area (Å²) in [5, 5.41) is 1.81. The first-order chi connectivity index (χ1) is 38.5. The molecule has 0 aliphatic rings. The number of para-hydroxylation sites is 1. The summed E-state index contributed by atoms with van der Waals surface area (Å²) in [6.07, 6.45) is 0. The zero-order chi connectivity index (χ0) is 57.9. The van der Waals surface area contributed by atoms with Gasteiger partial charge in [-0.05, 0) is 47.5 Å². The normalized spacial score (nSPS) is 11.5. The molecule has 0 amide bonds. The maximum Gasteiger partial charge on any atom is 0.166 e. The monoisotopic (exact) mass is 981 g/mol. The Labute approximate surface area is 495 Å². The molecule has 8 aromatic carbocycles. The van der Waals surface area contributed by atoms with Crippen molar-refractivity contribution in [2.45, 2.75) is 0 Å². The van der Waals surface area contributed by atoms with Crippen molar-refractivity contribution in [3.63, 3.8) is 0 Å². The summed E-state index contributed by atoms with van der Waals surface area (Å²) in [7, 11) is 130. The van der Waals surface area contributed by atoms with Gasteiger partial charge in [-0.15, -0.1) is 65.6 Å². The molecule has 0 saturated carbocycles. The third-order valence-corrected chi connectivity index (χ3v) is 14.5. The minimum Gasteiger partial charge on any atom is -0.309 e. The van der Waals surface area contributed by atoms with Crippen LogP contribution in [-0.2, 0) is 0 Å². The van der Waals surface area contributed by atoms with Crippen LogP contribution >= 0.6 is 0 Å². The highest BCUT2D eigenvalue weighted by Gasteiger charge is 2.27. The average Bonchev–Trinajstić information content (AvgIpc) is 4.00. The minimum absolute atomic E-state index is 0.00387. The van der Waals surface area contributed by atoms with Crippen LogP contribution in [0, 0.1) is 0 Å². The van der Waals surface area contributed by atoms with Crippen molar-refractivity contribution in [1.82, 2.24) is 34.5 Å². The number of hydrogen-bond acceptors (Lipinski definition) is 6. The second-order valence-electron chi connectivity index (χ2n) is 19.1. The third-order valence-electron chi connectivity index (χ3n) is 14.5. The lowest BCUT2D eigenvalue weighted by Crippen LogP contribution is -2.55. The predicted molar refractivity (Wildman–Crippen MR) is 353 cm³/mol. The van der Waals surface area contributed by atoms with Crippen LogP contribution in [0.2, 0.25) is 0 Å². The average molecular weight is 978 g/mol. The lowest BCUT2D eigenvalue weighted by Gasteiger charge is -2.23. The predicted octanol–water partition coefficient (Wildman–Crippen LogP) is -11.3. The van der Waals surface area contributed by atoms with Crippen molar-refractivity contribution < 1.29 is 0 Å². The van der Waals surface area contributed by atoms with E-state index in [1.54, 1.807) is 12.1 Å². The van der Waals surface area contributed by atoms with Gasteiger partial charge in [0.25, 0.3) is 0 Å². The zero-order valence-corrected chi connectivity index (χ0v) is 42.8. The standard InChI is InChI=1S/C54H15B20N7/c55-29-25(30(56)38(64)45(71)37(29)63)51-75-49(76-52(79-51)26-31(57)39(65)46(72)40(66)32(26)58)18-11-13-24(81-22-9-5-4-8-19(22)20-14-17(10-12-23(20)81)16-6-2-1-3-7-16)21(15-18)50-77-53(27-33(59)41(67)47(73)42(68)34(27)60)80-54(78-50)28-35(61)43(69)48(74)44(70)36(28)62/h1-15H. The van der Waals surface area contributed by atoms with Crippen LogP contribution in [0.15, 0.2) is 91.0 Å². The number of fused-ring (bicyclic) bond motifs is 3. The summed E-state index contributed by atoms with van der Waals surface area (Å²) in [5.41, 5.74) is 2.68. The molecule has 27 heteroatoms. The van der Waals surface area contributed by atoms with Gasteiger partial charge in [0.15, 0.2) is 34.9 Å². The summed E-state index contributed by atoms with van der Waals surface area (Å²) in [6, 6.07) is 29.3. The highest BCUT2D eigenvalue weighted by Crippen LogP contribution is 2.39. The molecule has 40 radical (unpaired) electrons. The van der Waals surface area contributed by atoms with E-state index in [9.17, 15) is 0 Å². The molecule has 11 rings (SSSR count). The summed E-state index contributed by atoms with van der Waals surface area (Å²) >= 11 is 0. The van der Waals surface area contributed by atoms with Crippen LogP contribution in [0.25, 0.3) is 107 Å². The van der Waals surface area contributed by atoms with E-state index in [1.165, 1.54) is 0 Å². The van der Waals surface area contributed by atoms with Gasteiger partial charge in [-0.25, -0.2) is 29.9 Å². The Kier molecular flexibility index (Phi) is 14.5. The fourth-order valence-electron chi connectivity index (χ4n) is 9.90. The van der Waals surface area contributed by atoms with Gasteiger partial charge >= 0.3 is 0 Å². The highest BCUT2D eigenvalue weighted by atomic mass is 15.1. The van der Waals surface area contributed by atoms with Crippen LogP contribution in [0.5, 0.6) is 0 Å². The molecule has 0 bridgehead atoms. The van der Waals surface area contributed by atoms with Gasteiger partial charge in [0.1, 0.15) is 157 Å². The second kappa shape index (κ2) is 21.0. The summed E-state index contributed by atoms with van der Waals surface area (Å²) < 4.78 is 2.04. The number of rotatable bonds is 8. The SMILES string of the molecule is [B]c1c([B])c([B])c(-c2nc(-c3ccc(-n4c5ccccc5c5cc(-c6ccccc6)ccc54)c(-c4nc(-c5c([B])c([B])c([B])c([B])c5[B])nc(-c5c([B])c([B])c([B])c([B])c5[B])n4)c3)nc(-c3c([B])c([B])c([B])c([B])c3[B])n2)c([B])c1[B]. The van der Waals surface area contributed by atoms with E-state index in [4.69, 9.17) is 187 Å². The Balaban J connectivity index is 1.29. The van der Waals surface area contributed by atoms with E-state index in [1.807, 2.05) is 77.4 Å². The number of hydrogen-bond donors (Lipinski definition) is 0. The molecule has 7 nitrogen and oxygen atoms in total. The van der Waals surface area contributed by atoms with Gasteiger partial charge in [-0.1, -0.05) is 98.3 Å². The van der Waals surface area contributed by atoms with Gasteiger partial charge < -0.3 is 4.57 Å². The molecule has 0 unspecified atom stereocenters. The summed E-state index contributed by atoms with van der Waals surface area (Å²) in [4.78, 5) is 29.7. The topological polar surface area (TPSA) is 82.3 Å². The van der Waals surface area contributed by atoms with Gasteiger partial charge in [-0.2, -0.15) is 0 Å². The Hall–Kier alpha value is -7.12. The molecule has 0 N–H and O–H groups in total. The number of nitrogens with zero attached hydrogens (tertiary/aromatic N) is 7. The molecule has 11 aromatic rings. The van der Waals surface area contributed by atoms with Crippen molar-refractivity contribution >= 4 is 288 Å². The Morgan fingerprint density at radius 1 is 0.235 bits per heavy atom. The van der Waals surface area contributed by atoms with Crippen LogP contribution in [0.4, 0.5) is 0 Å². The van der Waals surface area contributed by atoms with Crippen LogP contribution in [-0.4, -0.2) is 191 Å². The van der Waals surface area contributed by atoms with Crippen LogP contribution in [0.1, 0.15) is 0 Å². The van der Waals surface area contributed by atoms with E-state index in [2.05, 4.69) is 6.07 Å². The first-order valence-corrected chi connectivity index (χ1v) is 24.3. The Morgan fingerprint density at radius 2 is 0.556 bits per heavy atom. The first-order valence-electron chi connectivity index (χ1n) is 24.3. The fourth-order valence-corrected chi connectivity index (χ4v) is 9.90. The molecule has 81 heavy (non-hydrogen) atoms. The van der Waals surface area contributed by atoms with Gasteiger partial charge in [-0.3, -0.25) is 0 Å². The van der Waals surface area contributed by atoms with Crippen LogP contribution in [0.3, 0.4) is 0 Å². The van der Waals surface area contributed by atoms with Crippen molar-refractivity contribution in [2.24, 2.45) is 0 Å². The second-order valence-corrected chi connectivity index (χ2v) is 19.1. The lowest BCUT2D eigenvalue weighted by atomic mass is 9.60. The van der Waals surface area contributed by atoms with E-state index in [-0.39, 0.29) is 178 Å². The van der Waals surface area contributed by atoms with Gasteiger partial charge in [0.05, 0.1) is 16.7 Å². The maximum absolute atomic E-state index is 6.74. The van der Waals surface area contributed by atoms with Crippen molar-refractivity contribution in [3.05, 3.63) is 91.0 Å². The molecule has 0 aliphatic carbocycles. The summed E-state index contributed by atoms with van der Waals surface area (Å²) in [5.74, 6) is -0.752. The van der Waals surface area contributed by atoms with E-state index >= 15 is 0 Å². The molecule has 0 fully saturated rings. The maximum atomic E-state index is 6.74. The molecular formula is C54H15B20N7. The Bertz CT molecular complexity index is 4260. The largest absolute Gasteiger partial charge is 0.309 e. The molecule has 0 atom stereocenters. The van der Waals surface area contributed by atoms with Crippen molar-refractivity contribution in [1.29, 1.82) is 0 Å². The van der Waals surface area contributed by atoms with Crippen molar-refractivity contribution in [2.75, 3.05) is 0 Å². The smallest absolute Gasteiger partial charge is 0.166 e. The van der Waals surface area contributed by atoms with Crippen LogP contribution < -0.4 is 109 Å². The van der Waals surface area contributed by atoms with E-state index in [0.29, 0.717) is 5.69 Å². The molecule has 0 spiro atoms. The Morgan fingerprint density at radius 3 is 0.963 bits per heavy atom. The number of aromatic nitrogens is 7. The first kappa shape index (κ1) is 55.8. The van der Waals surface area contributed by atoms with Gasteiger partial charge in [0.2, 0.25) is 0 Å². The zero-order valence-electron chi connectivity index (χ0n) is 42.8. The van der Waals surface area contributed by atoms with E-state index < -0.39 is 0 Å².